The number of hydrogen-bond donors (Lipinski definition) is 0. The summed E-state index contributed by atoms with van der Waals surface area (Å²) in [5.41, 5.74) is 0.568. The average Bonchev–Trinajstić information content (AvgIpc) is 3.26. The Morgan fingerprint density at radius 2 is 1.76 bits per heavy atom. The number of benzene rings is 1. The number of anilines is 1. The van der Waals surface area contributed by atoms with E-state index in [9.17, 15) is 18.8 Å². The van der Waals surface area contributed by atoms with Gasteiger partial charge < -0.3 is 9.80 Å². The fourth-order valence-corrected chi connectivity index (χ4v) is 4.39. The van der Waals surface area contributed by atoms with Crippen molar-refractivity contribution in [3.05, 3.63) is 30.1 Å². The van der Waals surface area contributed by atoms with Gasteiger partial charge in [-0.3, -0.25) is 19.3 Å². The number of rotatable bonds is 7. The molecule has 1 heterocycles. The molecule has 0 radical (unpaired) electrons. The molecule has 4 rings (SSSR count). The van der Waals surface area contributed by atoms with Gasteiger partial charge in [-0.05, 0) is 49.4 Å². The van der Waals surface area contributed by atoms with Crippen LogP contribution in [0.5, 0.6) is 0 Å². The molecule has 2 aliphatic carbocycles. The van der Waals surface area contributed by atoms with Crippen molar-refractivity contribution in [2.24, 2.45) is 5.92 Å². The molecule has 6 nitrogen and oxygen atoms in total. The van der Waals surface area contributed by atoms with Crippen LogP contribution in [-0.4, -0.2) is 53.3 Å². The van der Waals surface area contributed by atoms with E-state index in [0.717, 1.165) is 19.3 Å². The lowest BCUT2D eigenvalue weighted by atomic mass is 10.0. The second-order valence-corrected chi connectivity index (χ2v) is 8.47. The summed E-state index contributed by atoms with van der Waals surface area (Å²) in [6.07, 6.45) is 8.27. The third-order valence-electron chi connectivity index (χ3n) is 6.29. The third-order valence-corrected chi connectivity index (χ3v) is 6.29. The summed E-state index contributed by atoms with van der Waals surface area (Å²) in [7, 11) is 0. The smallest absolute Gasteiger partial charge is 0.248 e. The monoisotopic (exact) mass is 401 g/mol. The van der Waals surface area contributed by atoms with E-state index in [1.165, 1.54) is 59.7 Å². The molecule has 7 heteroatoms. The van der Waals surface area contributed by atoms with Crippen LogP contribution in [0.2, 0.25) is 0 Å². The van der Waals surface area contributed by atoms with E-state index in [2.05, 4.69) is 0 Å². The van der Waals surface area contributed by atoms with Gasteiger partial charge in [-0.2, -0.15) is 0 Å². The SMILES string of the molecule is O=C(CN(C(=O)CCC1CCCC1)C1CC1)N1CC(=O)N(c2ccc(F)cc2)C1. The number of hydrogen-bond acceptors (Lipinski definition) is 3. The topological polar surface area (TPSA) is 60.9 Å². The van der Waals surface area contributed by atoms with Crippen LogP contribution >= 0.6 is 0 Å². The highest BCUT2D eigenvalue weighted by Gasteiger charge is 2.37. The largest absolute Gasteiger partial charge is 0.330 e. The molecule has 3 amide bonds. The van der Waals surface area contributed by atoms with Crippen LogP contribution in [0.4, 0.5) is 10.1 Å². The van der Waals surface area contributed by atoms with Crippen molar-refractivity contribution in [2.75, 3.05) is 24.7 Å². The van der Waals surface area contributed by atoms with Gasteiger partial charge in [-0.15, -0.1) is 0 Å². The molecular formula is C22H28FN3O3. The van der Waals surface area contributed by atoms with Crippen molar-refractivity contribution in [1.29, 1.82) is 0 Å². The van der Waals surface area contributed by atoms with Gasteiger partial charge in [0.25, 0.3) is 0 Å². The van der Waals surface area contributed by atoms with Crippen LogP contribution in [0.1, 0.15) is 51.4 Å². The van der Waals surface area contributed by atoms with Crippen molar-refractivity contribution < 1.29 is 18.8 Å². The summed E-state index contributed by atoms with van der Waals surface area (Å²) in [4.78, 5) is 42.6. The molecule has 1 aromatic carbocycles. The lowest BCUT2D eigenvalue weighted by Gasteiger charge is -2.25. The first-order valence-corrected chi connectivity index (χ1v) is 10.6. The van der Waals surface area contributed by atoms with E-state index in [1.54, 1.807) is 4.90 Å². The Bertz CT molecular complexity index is 772. The Labute approximate surface area is 170 Å². The first kappa shape index (κ1) is 19.9. The minimum absolute atomic E-state index is 0.00895. The van der Waals surface area contributed by atoms with Crippen molar-refractivity contribution in [3.63, 3.8) is 0 Å². The maximum Gasteiger partial charge on any atom is 0.248 e. The van der Waals surface area contributed by atoms with Gasteiger partial charge in [0.2, 0.25) is 17.7 Å². The van der Waals surface area contributed by atoms with Crippen molar-refractivity contribution in [2.45, 2.75) is 57.4 Å². The molecule has 2 saturated carbocycles. The van der Waals surface area contributed by atoms with E-state index >= 15 is 0 Å². The summed E-state index contributed by atoms with van der Waals surface area (Å²) < 4.78 is 13.1. The van der Waals surface area contributed by atoms with Gasteiger partial charge in [0.15, 0.2) is 0 Å². The molecule has 1 aliphatic heterocycles. The Morgan fingerprint density at radius 3 is 2.41 bits per heavy atom. The number of nitrogens with zero attached hydrogens (tertiary/aromatic N) is 3. The van der Waals surface area contributed by atoms with Gasteiger partial charge in [0, 0.05) is 18.2 Å². The van der Waals surface area contributed by atoms with Gasteiger partial charge >= 0.3 is 0 Å². The van der Waals surface area contributed by atoms with E-state index in [1.807, 2.05) is 0 Å². The number of carbonyl (C=O) groups excluding carboxylic acids is 3. The van der Waals surface area contributed by atoms with E-state index in [0.29, 0.717) is 18.0 Å². The van der Waals surface area contributed by atoms with Gasteiger partial charge in [-0.25, -0.2) is 4.39 Å². The van der Waals surface area contributed by atoms with E-state index < -0.39 is 0 Å². The first-order chi connectivity index (χ1) is 14.0. The average molecular weight is 401 g/mol. The zero-order chi connectivity index (χ0) is 20.4. The van der Waals surface area contributed by atoms with Gasteiger partial charge in [0.1, 0.15) is 25.6 Å². The molecule has 0 atom stereocenters. The summed E-state index contributed by atoms with van der Waals surface area (Å²) in [6, 6.07) is 5.83. The minimum atomic E-state index is -0.371. The second-order valence-electron chi connectivity index (χ2n) is 8.47. The number of amides is 3. The fraction of sp³-hybridized carbons (Fsp3) is 0.591. The fourth-order valence-electron chi connectivity index (χ4n) is 4.39. The number of halogens is 1. The Balaban J connectivity index is 1.33. The van der Waals surface area contributed by atoms with Crippen LogP contribution < -0.4 is 4.90 Å². The van der Waals surface area contributed by atoms with Gasteiger partial charge in [-0.1, -0.05) is 25.7 Å². The summed E-state index contributed by atoms with van der Waals surface area (Å²) in [6.45, 7) is 0.168. The molecule has 3 aliphatic rings. The van der Waals surface area contributed by atoms with Crippen LogP contribution in [0.25, 0.3) is 0 Å². The molecule has 29 heavy (non-hydrogen) atoms. The molecule has 0 unspecified atom stereocenters. The summed E-state index contributed by atoms with van der Waals surface area (Å²) in [5.74, 6) is -0.0612. The first-order valence-electron chi connectivity index (χ1n) is 10.6. The molecular weight excluding hydrogens is 373 g/mol. The lowest BCUT2D eigenvalue weighted by molar-refractivity contribution is -0.141. The van der Waals surface area contributed by atoms with Crippen LogP contribution in [0.15, 0.2) is 24.3 Å². The van der Waals surface area contributed by atoms with Crippen molar-refractivity contribution >= 4 is 23.4 Å². The van der Waals surface area contributed by atoms with Crippen molar-refractivity contribution in [1.82, 2.24) is 9.80 Å². The van der Waals surface area contributed by atoms with E-state index in [-0.39, 0.29) is 49.3 Å². The highest BCUT2D eigenvalue weighted by molar-refractivity contribution is 6.00. The molecule has 1 saturated heterocycles. The second kappa shape index (κ2) is 8.51. The van der Waals surface area contributed by atoms with E-state index in [4.69, 9.17) is 0 Å². The predicted octanol–water partition coefficient (Wildman–Crippen LogP) is 2.92. The Morgan fingerprint density at radius 1 is 1.07 bits per heavy atom. The normalized spacial score (nSPS) is 19.8. The highest BCUT2D eigenvalue weighted by atomic mass is 19.1. The minimum Gasteiger partial charge on any atom is -0.330 e. The lowest BCUT2D eigenvalue weighted by Crippen LogP contribution is -2.43. The van der Waals surface area contributed by atoms with Gasteiger partial charge in [0.05, 0.1) is 0 Å². The maximum atomic E-state index is 13.1. The van der Waals surface area contributed by atoms with Crippen LogP contribution in [-0.2, 0) is 14.4 Å². The molecule has 0 bridgehead atoms. The zero-order valence-corrected chi connectivity index (χ0v) is 16.7. The molecule has 0 aromatic heterocycles. The molecule has 156 valence electrons. The summed E-state index contributed by atoms with van der Waals surface area (Å²) >= 11 is 0. The molecule has 3 fully saturated rings. The Kier molecular flexibility index (Phi) is 5.83. The van der Waals surface area contributed by atoms with Crippen LogP contribution in [0.3, 0.4) is 0 Å². The molecule has 1 aromatic rings. The maximum absolute atomic E-state index is 13.1. The molecule has 0 N–H and O–H groups in total. The predicted molar refractivity (Wildman–Crippen MR) is 106 cm³/mol. The van der Waals surface area contributed by atoms with Crippen molar-refractivity contribution in [3.8, 4) is 0 Å². The molecule has 0 spiro atoms. The zero-order valence-electron chi connectivity index (χ0n) is 16.7. The highest BCUT2D eigenvalue weighted by Crippen LogP contribution is 2.31. The standard InChI is InChI=1S/C22H28FN3O3/c23-17-6-8-19(9-7-17)26-15-24(13-22(26)29)21(28)14-25(18-10-11-18)20(27)12-5-16-3-1-2-4-16/h6-9,16,18H,1-5,10-15H2. The van der Waals surface area contributed by atoms with Crippen LogP contribution in [0, 0.1) is 11.7 Å². The number of carbonyl (C=O) groups is 3. The third kappa shape index (κ3) is 4.77. The summed E-state index contributed by atoms with van der Waals surface area (Å²) in [5, 5.41) is 0. The quantitative estimate of drug-likeness (QED) is 0.706. The Hall–Kier alpha value is -2.44.